The van der Waals surface area contributed by atoms with Gasteiger partial charge in [0.1, 0.15) is 28.8 Å². The molecule has 0 radical (unpaired) electrons. The summed E-state index contributed by atoms with van der Waals surface area (Å²) in [6.07, 6.45) is -4.81. The van der Waals surface area contributed by atoms with Crippen LogP contribution in [0.25, 0.3) is 0 Å². The first-order valence-corrected chi connectivity index (χ1v) is 33.8. The normalized spacial score (nSPS) is 20.6. The minimum absolute atomic E-state index is 0. The third-order valence-electron chi connectivity index (χ3n) is 10.6. The van der Waals surface area contributed by atoms with E-state index in [1.54, 1.807) is 0 Å². The third kappa shape index (κ3) is 9.86. The van der Waals surface area contributed by atoms with Crippen molar-refractivity contribution in [1.82, 2.24) is 0 Å². The Morgan fingerprint density at radius 1 is 0.231 bits per heavy atom. The molecule has 0 aliphatic carbocycles. The van der Waals surface area contributed by atoms with Crippen LogP contribution in [0.4, 0.5) is 0 Å². The summed E-state index contributed by atoms with van der Waals surface area (Å²) in [6, 6.07) is 83.9. The van der Waals surface area contributed by atoms with E-state index in [9.17, 15) is 0 Å². The molecular formula is C50H46N6NiP6S2. The van der Waals surface area contributed by atoms with Gasteiger partial charge in [0.05, 0.1) is 0 Å². The maximum absolute atomic E-state index is 6.17. The van der Waals surface area contributed by atoms with Gasteiger partial charge in [-0.3, -0.25) is 18.1 Å². The van der Waals surface area contributed by atoms with Crippen molar-refractivity contribution in [3.63, 3.8) is 0 Å². The molecule has 0 aromatic heterocycles. The summed E-state index contributed by atoms with van der Waals surface area (Å²) >= 11 is 12.3. The Hall–Kier alpha value is -3.67. The third-order valence-corrected chi connectivity index (χ3v) is 35.0. The van der Waals surface area contributed by atoms with Crippen molar-refractivity contribution in [2.75, 3.05) is 13.3 Å². The van der Waals surface area contributed by atoms with Crippen LogP contribution in [0.5, 0.6) is 0 Å². The molecule has 2 unspecified atom stereocenters. The molecule has 0 N–H and O–H groups in total. The monoisotopic (exact) mass is 1040 g/mol. The number of rotatable bonds is 8. The molecule has 6 nitrogen and oxygen atoms in total. The van der Waals surface area contributed by atoms with Crippen molar-refractivity contribution in [3.05, 3.63) is 243 Å². The molecule has 2 atom stereocenters. The molecule has 2 aliphatic heterocycles. The van der Waals surface area contributed by atoms with Crippen molar-refractivity contribution in [2.45, 2.75) is 0 Å². The first kappa shape index (κ1) is 47.8. The average molecular weight is 1040 g/mol. The summed E-state index contributed by atoms with van der Waals surface area (Å²) in [7, 11) is -10.1. The molecule has 10 rings (SSSR count). The van der Waals surface area contributed by atoms with E-state index in [0.717, 1.165) is 42.4 Å². The zero-order valence-electron chi connectivity index (χ0n) is 35.6. The van der Waals surface area contributed by atoms with Crippen LogP contribution in [0.3, 0.4) is 0 Å². The summed E-state index contributed by atoms with van der Waals surface area (Å²) in [6.45, 7) is 4.11. The average Bonchev–Trinajstić information content (AvgIpc) is 3.35. The van der Waals surface area contributed by atoms with E-state index in [2.05, 4.69) is 207 Å². The smallest absolute Gasteiger partial charge is 0.716 e. The largest absolute Gasteiger partial charge is 2.00 e. The number of nitrogens with zero attached hydrogens (tertiary/aromatic N) is 6. The van der Waals surface area contributed by atoms with Gasteiger partial charge in [0.15, 0.2) is 0 Å². The summed E-state index contributed by atoms with van der Waals surface area (Å²) in [4.78, 5) is 0. The Kier molecular flexibility index (Phi) is 14.9. The molecule has 65 heavy (non-hydrogen) atoms. The zero-order valence-corrected chi connectivity index (χ0v) is 43.6. The molecule has 0 fully saturated rings. The molecule has 328 valence electrons. The molecular weight excluding hydrogens is 993 g/mol. The van der Waals surface area contributed by atoms with Gasteiger partial charge in [0, 0.05) is 42.4 Å². The minimum atomic E-state index is -2.52. The van der Waals surface area contributed by atoms with E-state index in [-0.39, 0.29) is 16.5 Å². The van der Waals surface area contributed by atoms with E-state index in [4.69, 9.17) is 51.6 Å². The van der Waals surface area contributed by atoms with Gasteiger partial charge in [-0.05, 0) is 26.1 Å². The predicted molar refractivity (Wildman–Crippen MR) is 291 cm³/mol. The summed E-state index contributed by atoms with van der Waals surface area (Å²) < 4.78 is 33.0. The molecule has 2 heterocycles. The predicted octanol–water partition coefficient (Wildman–Crippen LogP) is 13.5. The van der Waals surface area contributed by atoms with E-state index in [1.165, 1.54) is 0 Å². The minimum Gasteiger partial charge on any atom is -0.716 e. The van der Waals surface area contributed by atoms with E-state index in [1.807, 2.05) is 48.5 Å². The van der Waals surface area contributed by atoms with Crippen LogP contribution in [-0.2, 0) is 41.0 Å². The topological polar surface area (TPSA) is 74.2 Å². The SMILES string of the molecule is CP1([S-])=NP(c2ccccc2)(c2ccccc2)=NP(c2ccccc2)(c2ccccc2)=N1.CP1([S-])=NP(c2ccccc2)(c2ccccc2)=NP(c2ccccc2)(c2ccccc2)=N1.[Ni+2]. The molecule has 8 aromatic rings. The Morgan fingerprint density at radius 3 is 0.523 bits per heavy atom. The fourth-order valence-corrected chi connectivity index (χ4v) is 37.7. The van der Waals surface area contributed by atoms with Crippen molar-refractivity contribution >= 4 is 109 Å². The quantitative estimate of drug-likeness (QED) is 0.0864. The van der Waals surface area contributed by atoms with Gasteiger partial charge in [0.2, 0.25) is 0 Å². The van der Waals surface area contributed by atoms with Crippen LogP contribution < -0.4 is 42.4 Å². The molecule has 8 aromatic carbocycles. The molecule has 0 amide bonds. The molecule has 15 heteroatoms. The van der Waals surface area contributed by atoms with Crippen LogP contribution in [0.1, 0.15) is 0 Å². The second-order valence-electron chi connectivity index (χ2n) is 15.3. The molecule has 0 saturated carbocycles. The van der Waals surface area contributed by atoms with Crippen molar-refractivity contribution in [3.8, 4) is 0 Å². The molecule has 0 spiro atoms. The van der Waals surface area contributed by atoms with Gasteiger partial charge >= 0.3 is 16.5 Å². The van der Waals surface area contributed by atoms with Gasteiger partial charge in [-0.1, -0.05) is 243 Å². The maximum Gasteiger partial charge on any atom is 2.00 e. The van der Waals surface area contributed by atoms with Crippen molar-refractivity contribution in [1.29, 1.82) is 0 Å². The fourth-order valence-electron chi connectivity index (χ4n) is 7.95. The zero-order chi connectivity index (χ0) is 44.1. The van der Waals surface area contributed by atoms with Crippen LogP contribution >= 0.6 is 41.6 Å². The number of hydrogen-bond donors (Lipinski definition) is 0. The van der Waals surface area contributed by atoms with Gasteiger partial charge < -0.3 is 24.5 Å². The van der Waals surface area contributed by atoms with Crippen LogP contribution in [0, 0.1) is 0 Å². The standard InChI is InChI=1S/2C25H23N3P3S.Ni/c2*1-29(32)26-30(22-14-6-2-7-15-22,23-16-8-3-9-17-23)28-31(27-29,24-18-10-4-11-19-24)25-20-12-5-13-21-25;/h2*2-21H,1H3;/q2*-1;+2. The molecule has 0 saturated heterocycles. The maximum atomic E-state index is 6.17. The molecule has 0 bridgehead atoms. The van der Waals surface area contributed by atoms with Gasteiger partial charge in [-0.15, -0.1) is 0 Å². The Labute approximate surface area is 405 Å². The summed E-state index contributed by atoms with van der Waals surface area (Å²) in [5.41, 5.74) is 0. The fraction of sp³-hybridized carbons (Fsp3) is 0.0400. The van der Waals surface area contributed by atoms with E-state index >= 15 is 0 Å². The van der Waals surface area contributed by atoms with Crippen LogP contribution in [0.15, 0.2) is 270 Å². The Bertz CT molecular complexity index is 2690. The first-order valence-electron chi connectivity index (χ1n) is 20.7. The van der Waals surface area contributed by atoms with Crippen molar-refractivity contribution in [2.24, 2.45) is 27.1 Å². The second kappa shape index (κ2) is 20.3. The van der Waals surface area contributed by atoms with Crippen LogP contribution in [0.2, 0.25) is 0 Å². The Morgan fingerprint density at radius 2 is 0.369 bits per heavy atom. The molecule has 2 aliphatic rings. The van der Waals surface area contributed by atoms with Gasteiger partial charge in [-0.2, -0.15) is 0 Å². The summed E-state index contributed by atoms with van der Waals surface area (Å²) in [5.74, 6) is 0. The van der Waals surface area contributed by atoms with Crippen molar-refractivity contribution < 1.29 is 16.5 Å². The van der Waals surface area contributed by atoms with Gasteiger partial charge in [-0.25, -0.2) is 9.03 Å². The summed E-state index contributed by atoms with van der Waals surface area (Å²) in [5, 5.41) is 9.06. The first-order chi connectivity index (χ1) is 31.1. The van der Waals surface area contributed by atoms with E-state index in [0.29, 0.717) is 0 Å². The van der Waals surface area contributed by atoms with Crippen LogP contribution in [-0.4, -0.2) is 13.3 Å². The van der Waals surface area contributed by atoms with E-state index < -0.39 is 41.6 Å². The Balaban J connectivity index is 0.000000175. The number of hydrogen-bond acceptors (Lipinski definition) is 8. The number of benzene rings is 8. The second-order valence-corrected chi connectivity index (χ2v) is 36.0. The van der Waals surface area contributed by atoms with Gasteiger partial charge in [0.25, 0.3) is 0 Å².